The summed E-state index contributed by atoms with van der Waals surface area (Å²) in [5, 5.41) is 1.20. The van der Waals surface area contributed by atoms with Crippen LogP contribution in [0, 0.1) is 0 Å². The van der Waals surface area contributed by atoms with Crippen LogP contribution in [0.3, 0.4) is 0 Å². The van der Waals surface area contributed by atoms with Crippen LogP contribution < -0.4 is 5.32 Å². The number of pyridine rings is 1. The molecule has 0 radical (unpaired) electrons. The molecule has 1 aromatic rings. The molecule has 0 atom stereocenters. The Morgan fingerprint density at radius 3 is 3.00 bits per heavy atom. The van der Waals surface area contributed by atoms with Gasteiger partial charge in [0.15, 0.2) is 0 Å². The second-order valence-corrected chi connectivity index (χ2v) is 4.50. The maximum Gasteiger partial charge on any atom is 0.0947 e. The van der Waals surface area contributed by atoms with Gasteiger partial charge in [-0.2, -0.15) is 0 Å². The van der Waals surface area contributed by atoms with Gasteiger partial charge >= 0.3 is 0 Å². The standard InChI is InChI=1S/C6H8ClNSi/c7-5-9-6-3-1-2-4-8-6/h1-4H,5,9H2. The Bertz CT molecular complexity index is 166. The lowest BCUT2D eigenvalue weighted by Gasteiger charge is -1.91. The number of alkyl halides is 1. The normalized spacial score (nSPS) is 10.8. The van der Waals surface area contributed by atoms with Crippen molar-refractivity contribution in [2.75, 3.05) is 5.50 Å². The summed E-state index contributed by atoms with van der Waals surface area (Å²) >= 11 is 5.56. The third-order valence-corrected chi connectivity index (χ3v) is 2.76. The number of hydrogen-bond acceptors (Lipinski definition) is 1. The average molecular weight is 158 g/mol. The summed E-state index contributed by atoms with van der Waals surface area (Å²) in [4.78, 5) is 4.15. The molecule has 0 saturated carbocycles. The molecule has 9 heavy (non-hydrogen) atoms. The van der Waals surface area contributed by atoms with Crippen LogP contribution in [0.2, 0.25) is 0 Å². The lowest BCUT2D eigenvalue weighted by atomic mass is 10.5. The quantitative estimate of drug-likeness (QED) is 0.438. The molecule has 1 aromatic heterocycles. The van der Waals surface area contributed by atoms with Gasteiger partial charge in [0.1, 0.15) is 0 Å². The van der Waals surface area contributed by atoms with E-state index in [1.54, 1.807) is 0 Å². The van der Waals surface area contributed by atoms with Gasteiger partial charge in [0.2, 0.25) is 0 Å². The molecule has 0 aliphatic heterocycles. The molecule has 0 fully saturated rings. The Hall–Kier alpha value is -0.343. The average Bonchev–Trinajstić information content (AvgIpc) is 1.91. The summed E-state index contributed by atoms with van der Waals surface area (Å²) in [5.41, 5.74) is 0.789. The van der Waals surface area contributed by atoms with Crippen molar-refractivity contribution in [3.05, 3.63) is 24.4 Å². The number of rotatable bonds is 2. The first-order valence-corrected chi connectivity index (χ1v) is 5.13. The van der Waals surface area contributed by atoms with Crippen molar-refractivity contribution >= 4 is 26.4 Å². The van der Waals surface area contributed by atoms with Crippen LogP contribution in [0.4, 0.5) is 0 Å². The van der Waals surface area contributed by atoms with Gasteiger partial charge in [0.25, 0.3) is 0 Å². The van der Waals surface area contributed by atoms with Gasteiger partial charge < -0.3 is 0 Å². The predicted octanol–water partition coefficient (Wildman–Crippen LogP) is 0.0720. The van der Waals surface area contributed by atoms with Crippen LogP contribution in [0.15, 0.2) is 24.4 Å². The van der Waals surface area contributed by atoms with Crippen LogP contribution >= 0.6 is 11.6 Å². The number of halogens is 1. The first-order chi connectivity index (χ1) is 4.43. The van der Waals surface area contributed by atoms with E-state index < -0.39 is 0 Å². The van der Waals surface area contributed by atoms with Crippen molar-refractivity contribution in [2.45, 2.75) is 0 Å². The van der Waals surface area contributed by atoms with Crippen LogP contribution in [0.25, 0.3) is 0 Å². The summed E-state index contributed by atoms with van der Waals surface area (Å²) < 4.78 is 0. The molecular weight excluding hydrogens is 150 g/mol. The maximum absolute atomic E-state index is 5.56. The zero-order chi connectivity index (χ0) is 6.53. The molecule has 0 saturated heterocycles. The summed E-state index contributed by atoms with van der Waals surface area (Å²) in [6.45, 7) is 0. The van der Waals surface area contributed by atoms with E-state index in [1.807, 2.05) is 24.4 Å². The monoisotopic (exact) mass is 157 g/mol. The van der Waals surface area contributed by atoms with Crippen molar-refractivity contribution in [1.82, 2.24) is 4.98 Å². The molecule has 0 aliphatic rings. The third-order valence-electron chi connectivity index (χ3n) is 1.08. The molecule has 0 amide bonds. The highest BCUT2D eigenvalue weighted by Crippen LogP contribution is 1.76. The van der Waals surface area contributed by atoms with Gasteiger partial charge in [-0.15, -0.1) is 11.6 Å². The molecule has 0 aromatic carbocycles. The molecule has 0 unspecified atom stereocenters. The van der Waals surface area contributed by atoms with Crippen LogP contribution in [0.5, 0.6) is 0 Å². The van der Waals surface area contributed by atoms with Gasteiger partial charge in [0, 0.05) is 17.0 Å². The van der Waals surface area contributed by atoms with Gasteiger partial charge in [-0.3, -0.25) is 4.98 Å². The molecule has 1 rings (SSSR count). The maximum atomic E-state index is 5.56. The van der Waals surface area contributed by atoms with E-state index in [1.165, 1.54) is 5.32 Å². The van der Waals surface area contributed by atoms with Crippen molar-refractivity contribution in [3.63, 3.8) is 0 Å². The summed E-state index contributed by atoms with van der Waals surface area (Å²) in [5.74, 6) is 0. The molecule has 1 nitrogen and oxygen atoms in total. The van der Waals surface area contributed by atoms with Crippen molar-refractivity contribution in [2.24, 2.45) is 0 Å². The second-order valence-electron chi connectivity index (χ2n) is 1.76. The minimum atomic E-state index is -0.247. The van der Waals surface area contributed by atoms with E-state index in [0.29, 0.717) is 0 Å². The van der Waals surface area contributed by atoms with Crippen molar-refractivity contribution in [1.29, 1.82) is 0 Å². The summed E-state index contributed by atoms with van der Waals surface area (Å²) in [6.07, 6.45) is 1.81. The van der Waals surface area contributed by atoms with Crippen molar-refractivity contribution < 1.29 is 0 Å². The molecule has 0 bridgehead atoms. The van der Waals surface area contributed by atoms with Crippen LogP contribution in [-0.4, -0.2) is 20.0 Å². The number of hydrogen-bond donors (Lipinski definition) is 0. The lowest BCUT2D eigenvalue weighted by Crippen LogP contribution is -2.18. The smallest absolute Gasteiger partial charge is 0.0947 e. The molecule has 48 valence electrons. The second kappa shape index (κ2) is 3.64. The Morgan fingerprint density at radius 1 is 1.56 bits per heavy atom. The van der Waals surface area contributed by atoms with E-state index >= 15 is 0 Å². The van der Waals surface area contributed by atoms with Crippen molar-refractivity contribution in [3.8, 4) is 0 Å². The number of aromatic nitrogens is 1. The first-order valence-electron chi connectivity index (χ1n) is 2.89. The Morgan fingerprint density at radius 2 is 2.44 bits per heavy atom. The Labute approximate surface area is 61.9 Å². The topological polar surface area (TPSA) is 12.9 Å². The zero-order valence-electron chi connectivity index (χ0n) is 5.05. The first kappa shape index (κ1) is 6.77. The van der Waals surface area contributed by atoms with E-state index in [9.17, 15) is 0 Å². The molecular formula is C6H8ClNSi. The van der Waals surface area contributed by atoms with E-state index in [-0.39, 0.29) is 9.52 Å². The zero-order valence-corrected chi connectivity index (χ0v) is 7.22. The fourth-order valence-corrected chi connectivity index (χ4v) is 1.95. The van der Waals surface area contributed by atoms with E-state index in [4.69, 9.17) is 11.6 Å². The highest BCUT2D eigenvalue weighted by Gasteiger charge is 1.88. The molecule has 0 aliphatic carbocycles. The minimum Gasteiger partial charge on any atom is -0.267 e. The van der Waals surface area contributed by atoms with Gasteiger partial charge in [-0.05, 0) is 12.1 Å². The molecule has 0 N–H and O–H groups in total. The number of nitrogens with zero attached hydrogens (tertiary/aromatic N) is 1. The van der Waals surface area contributed by atoms with Crippen LogP contribution in [-0.2, 0) is 0 Å². The fraction of sp³-hybridized carbons (Fsp3) is 0.167. The van der Waals surface area contributed by atoms with Gasteiger partial charge in [-0.1, -0.05) is 6.07 Å². The summed E-state index contributed by atoms with van der Waals surface area (Å²) in [6, 6.07) is 5.96. The third kappa shape index (κ3) is 2.16. The van der Waals surface area contributed by atoms with E-state index in [2.05, 4.69) is 4.98 Å². The SMILES string of the molecule is ClC[SiH2]c1ccccn1. The Kier molecular flexibility index (Phi) is 2.74. The molecule has 0 spiro atoms. The van der Waals surface area contributed by atoms with Crippen LogP contribution in [0.1, 0.15) is 0 Å². The summed E-state index contributed by atoms with van der Waals surface area (Å²) in [7, 11) is -0.247. The molecule has 3 heteroatoms. The lowest BCUT2D eigenvalue weighted by molar-refractivity contribution is 1.38. The minimum absolute atomic E-state index is 0.247. The van der Waals surface area contributed by atoms with E-state index in [0.717, 1.165) is 5.50 Å². The predicted molar refractivity (Wildman–Crippen MR) is 43.1 cm³/mol. The fourth-order valence-electron chi connectivity index (χ4n) is 0.643. The molecule has 1 heterocycles. The van der Waals surface area contributed by atoms with Gasteiger partial charge in [0.05, 0.1) is 9.52 Å². The Balaban J connectivity index is 2.61. The largest absolute Gasteiger partial charge is 0.267 e. The highest BCUT2D eigenvalue weighted by molar-refractivity contribution is 6.61. The van der Waals surface area contributed by atoms with Gasteiger partial charge in [-0.25, -0.2) is 0 Å². The highest BCUT2D eigenvalue weighted by atomic mass is 35.5.